The number of nitrogens with one attached hydrogen (secondary N) is 1. The van der Waals surface area contributed by atoms with Crippen LogP contribution in [0.1, 0.15) is 54.5 Å². The lowest BCUT2D eigenvalue weighted by Crippen LogP contribution is -2.49. The lowest BCUT2D eigenvalue weighted by atomic mass is 9.82. The molecule has 0 spiro atoms. The van der Waals surface area contributed by atoms with Crippen LogP contribution >= 0.6 is 0 Å². The fourth-order valence-electron chi connectivity index (χ4n) is 4.90. The average molecular weight is 477 g/mol. The minimum Gasteiger partial charge on any atom is -0.465 e. The van der Waals surface area contributed by atoms with Gasteiger partial charge in [-0.25, -0.2) is 17.6 Å². The summed E-state index contributed by atoms with van der Waals surface area (Å²) < 4.78 is 48.9. The zero-order valence-electron chi connectivity index (χ0n) is 18.5. The third-order valence-corrected chi connectivity index (χ3v) is 9.19. The second-order valence-corrected chi connectivity index (χ2v) is 10.9. The fourth-order valence-corrected chi connectivity index (χ4v) is 7.09. The van der Waals surface area contributed by atoms with Gasteiger partial charge in [0.1, 0.15) is 11.1 Å². The molecule has 0 aliphatic carbocycles. The van der Waals surface area contributed by atoms with E-state index in [0.717, 1.165) is 5.56 Å². The predicted molar refractivity (Wildman–Crippen MR) is 122 cm³/mol. The first-order valence-corrected chi connectivity index (χ1v) is 12.7. The molecule has 9 heteroatoms. The molecule has 0 radical (unpaired) electrons. The maximum Gasteiger partial charge on any atom is 0.405 e. The highest BCUT2D eigenvalue weighted by Crippen LogP contribution is 2.39. The van der Waals surface area contributed by atoms with Gasteiger partial charge in [-0.2, -0.15) is 4.31 Å². The van der Waals surface area contributed by atoms with Gasteiger partial charge in [-0.15, -0.1) is 0 Å². The monoisotopic (exact) mass is 476 g/mol. The Morgan fingerprint density at radius 3 is 2.52 bits per heavy atom. The van der Waals surface area contributed by atoms with Crippen molar-refractivity contribution in [3.05, 3.63) is 71.0 Å². The molecular formula is C24H29FN2O5S. The number of rotatable bonds is 5. The zero-order chi connectivity index (χ0) is 23.6. The molecule has 0 bridgehead atoms. The summed E-state index contributed by atoms with van der Waals surface area (Å²) >= 11 is 0. The van der Waals surface area contributed by atoms with Gasteiger partial charge in [-0.3, -0.25) is 0 Å². The van der Waals surface area contributed by atoms with Crippen LogP contribution in [0.25, 0.3) is 0 Å². The van der Waals surface area contributed by atoms with Crippen molar-refractivity contribution in [2.75, 3.05) is 13.2 Å². The first-order valence-electron chi connectivity index (χ1n) is 11.2. The first kappa shape index (κ1) is 23.7. The smallest absolute Gasteiger partial charge is 0.405 e. The molecule has 7 nitrogen and oxygen atoms in total. The summed E-state index contributed by atoms with van der Waals surface area (Å²) in [7, 11) is -3.68. The van der Waals surface area contributed by atoms with E-state index >= 15 is 4.39 Å². The highest BCUT2D eigenvalue weighted by Gasteiger charge is 2.41. The molecule has 2 saturated heterocycles. The van der Waals surface area contributed by atoms with E-state index in [1.807, 2.05) is 37.3 Å². The molecule has 0 unspecified atom stereocenters. The van der Waals surface area contributed by atoms with Crippen molar-refractivity contribution in [3.8, 4) is 0 Å². The predicted octanol–water partition coefficient (Wildman–Crippen LogP) is 4.15. The Hall–Kier alpha value is -2.49. The van der Waals surface area contributed by atoms with E-state index in [9.17, 15) is 18.3 Å². The van der Waals surface area contributed by atoms with E-state index in [1.165, 1.54) is 10.4 Å². The summed E-state index contributed by atoms with van der Waals surface area (Å²) in [6, 6.07) is 13.5. The van der Waals surface area contributed by atoms with Crippen molar-refractivity contribution in [3.63, 3.8) is 0 Å². The second-order valence-electron chi connectivity index (χ2n) is 8.85. The molecular weight excluding hydrogens is 447 g/mol. The van der Waals surface area contributed by atoms with Crippen LogP contribution in [-0.2, 0) is 26.8 Å². The van der Waals surface area contributed by atoms with Gasteiger partial charge in [-0.05, 0) is 49.8 Å². The van der Waals surface area contributed by atoms with Crippen LogP contribution in [0.15, 0.2) is 48.5 Å². The molecule has 2 aliphatic rings. The summed E-state index contributed by atoms with van der Waals surface area (Å²) in [4.78, 5) is 11.4. The molecule has 2 atom stereocenters. The third kappa shape index (κ3) is 4.76. The summed E-state index contributed by atoms with van der Waals surface area (Å²) in [5, 5.41) is 11.2. The SMILES string of the molecule is C[C@H]1CC[C@H](c2ccccc2)S(=O)(=O)N1Cc1ccc(C2(NC(=O)O)CCOCC2)cc1F. The minimum atomic E-state index is -3.68. The van der Waals surface area contributed by atoms with Gasteiger partial charge in [0.05, 0.1) is 5.54 Å². The van der Waals surface area contributed by atoms with E-state index in [4.69, 9.17) is 4.74 Å². The maximum absolute atomic E-state index is 15.2. The van der Waals surface area contributed by atoms with Crippen LogP contribution in [0.3, 0.4) is 0 Å². The van der Waals surface area contributed by atoms with Crippen molar-refractivity contribution in [2.45, 2.75) is 56.0 Å². The fraction of sp³-hybridized carbons (Fsp3) is 0.458. The number of benzene rings is 2. The van der Waals surface area contributed by atoms with Gasteiger partial charge in [0.2, 0.25) is 10.0 Å². The molecule has 178 valence electrons. The Labute approximate surface area is 193 Å². The van der Waals surface area contributed by atoms with Gasteiger partial charge >= 0.3 is 6.09 Å². The minimum absolute atomic E-state index is 0.0680. The standard InChI is InChI=1S/C24H29FN2O5S/c1-17-7-10-22(18-5-3-2-4-6-18)33(30,31)27(17)16-19-8-9-20(15-21(19)25)24(26-23(28)29)11-13-32-14-12-24/h2-6,8-9,15,17,22,26H,7,10-14,16H2,1H3,(H,28,29)/t17-,22+/m0/s1. The number of halogens is 1. The zero-order valence-corrected chi connectivity index (χ0v) is 19.4. The number of hydrogen-bond acceptors (Lipinski definition) is 4. The van der Waals surface area contributed by atoms with E-state index in [2.05, 4.69) is 5.32 Å². The topological polar surface area (TPSA) is 95.9 Å². The Bertz CT molecular complexity index is 1100. The number of carbonyl (C=O) groups is 1. The summed E-state index contributed by atoms with van der Waals surface area (Å²) in [5.41, 5.74) is 0.602. The maximum atomic E-state index is 15.2. The van der Waals surface area contributed by atoms with Gasteiger partial charge in [0.25, 0.3) is 0 Å². The van der Waals surface area contributed by atoms with Crippen molar-refractivity contribution >= 4 is 16.1 Å². The highest BCUT2D eigenvalue weighted by molar-refractivity contribution is 7.89. The van der Waals surface area contributed by atoms with E-state index in [1.54, 1.807) is 12.1 Å². The molecule has 1 amide bonds. The average Bonchev–Trinajstić information content (AvgIpc) is 2.78. The van der Waals surface area contributed by atoms with E-state index in [0.29, 0.717) is 44.5 Å². The number of amides is 1. The molecule has 4 rings (SSSR count). The Morgan fingerprint density at radius 1 is 1.18 bits per heavy atom. The van der Waals surface area contributed by atoms with Gasteiger partial charge in [-0.1, -0.05) is 42.5 Å². The van der Waals surface area contributed by atoms with Crippen LogP contribution < -0.4 is 5.32 Å². The molecule has 33 heavy (non-hydrogen) atoms. The number of hydrogen-bond donors (Lipinski definition) is 2. The van der Waals surface area contributed by atoms with Crippen LogP contribution in [0.2, 0.25) is 0 Å². The van der Waals surface area contributed by atoms with Crippen molar-refractivity contribution < 1.29 is 27.4 Å². The van der Waals surface area contributed by atoms with E-state index in [-0.39, 0.29) is 18.2 Å². The first-order chi connectivity index (χ1) is 15.7. The molecule has 0 saturated carbocycles. The number of carboxylic acid groups (broad SMARTS) is 1. The van der Waals surface area contributed by atoms with Crippen LogP contribution in [0, 0.1) is 5.82 Å². The molecule has 2 N–H and O–H groups in total. The molecule has 0 aromatic heterocycles. The quantitative estimate of drug-likeness (QED) is 0.676. The van der Waals surface area contributed by atoms with Gasteiger partial charge < -0.3 is 15.2 Å². The number of ether oxygens (including phenoxy) is 1. The normalized spacial score (nSPS) is 24.8. The molecule has 2 heterocycles. The van der Waals surface area contributed by atoms with Crippen LogP contribution in [0.5, 0.6) is 0 Å². The summed E-state index contributed by atoms with van der Waals surface area (Å²) in [6.45, 7) is 2.52. The van der Waals surface area contributed by atoms with Crippen molar-refractivity contribution in [2.24, 2.45) is 0 Å². The van der Waals surface area contributed by atoms with E-state index < -0.39 is 32.7 Å². The Kier molecular flexibility index (Phi) is 6.74. The molecule has 2 aromatic rings. The third-order valence-electron chi connectivity index (χ3n) is 6.82. The van der Waals surface area contributed by atoms with Crippen molar-refractivity contribution in [1.82, 2.24) is 9.62 Å². The summed E-state index contributed by atoms with van der Waals surface area (Å²) in [6.07, 6.45) is 0.825. The summed E-state index contributed by atoms with van der Waals surface area (Å²) in [5.74, 6) is -0.546. The van der Waals surface area contributed by atoms with Gasteiger partial charge in [0, 0.05) is 31.4 Å². The lowest BCUT2D eigenvalue weighted by molar-refractivity contribution is 0.0372. The molecule has 2 aromatic carbocycles. The number of sulfonamides is 1. The van der Waals surface area contributed by atoms with Crippen LogP contribution in [0.4, 0.5) is 9.18 Å². The Balaban J connectivity index is 1.61. The number of nitrogens with zero attached hydrogens (tertiary/aromatic N) is 1. The van der Waals surface area contributed by atoms with Crippen molar-refractivity contribution in [1.29, 1.82) is 0 Å². The van der Waals surface area contributed by atoms with Gasteiger partial charge in [0.15, 0.2) is 0 Å². The van der Waals surface area contributed by atoms with Crippen LogP contribution in [-0.4, -0.2) is 43.2 Å². The second kappa shape index (κ2) is 9.40. The Morgan fingerprint density at radius 2 is 1.88 bits per heavy atom. The molecule has 2 aliphatic heterocycles. The molecule has 2 fully saturated rings. The highest BCUT2D eigenvalue weighted by atomic mass is 32.2. The largest absolute Gasteiger partial charge is 0.465 e. The lowest BCUT2D eigenvalue weighted by Gasteiger charge is -2.38.